The molecule has 8 nitrogen and oxygen atoms in total. The Morgan fingerprint density at radius 1 is 1.14 bits per heavy atom. The van der Waals surface area contributed by atoms with E-state index in [4.69, 9.17) is 5.73 Å². The summed E-state index contributed by atoms with van der Waals surface area (Å²) in [5.41, 5.74) is 6.02. The van der Waals surface area contributed by atoms with Crippen LogP contribution in [0.1, 0.15) is 23.5 Å². The van der Waals surface area contributed by atoms with Gasteiger partial charge in [-0.3, -0.25) is 9.59 Å². The van der Waals surface area contributed by atoms with Crippen molar-refractivity contribution in [2.75, 3.05) is 13.1 Å². The Kier molecular flexibility index (Phi) is 3.82. The van der Waals surface area contributed by atoms with Gasteiger partial charge in [-0.15, -0.1) is 15.0 Å². The number of piperidine rings is 1. The third-order valence-electron chi connectivity index (χ3n) is 3.78. The molecule has 0 atom stereocenters. The Morgan fingerprint density at radius 3 is 2.45 bits per heavy atom. The normalized spacial score (nSPS) is 15.7. The third-order valence-corrected chi connectivity index (χ3v) is 3.78. The van der Waals surface area contributed by atoms with Crippen molar-refractivity contribution in [1.29, 1.82) is 0 Å². The molecular weight excluding hydrogens is 284 g/mol. The van der Waals surface area contributed by atoms with Crippen molar-refractivity contribution in [2.45, 2.75) is 12.8 Å². The summed E-state index contributed by atoms with van der Waals surface area (Å²) in [5, 5.41) is 11.8. The highest BCUT2D eigenvalue weighted by Crippen LogP contribution is 2.17. The fourth-order valence-corrected chi connectivity index (χ4v) is 2.48. The van der Waals surface area contributed by atoms with Crippen molar-refractivity contribution >= 4 is 11.8 Å². The molecule has 0 spiro atoms. The quantitative estimate of drug-likeness (QED) is 0.858. The number of nitrogens with zero attached hydrogens (tertiary/aromatic N) is 5. The lowest BCUT2D eigenvalue weighted by Crippen LogP contribution is -2.42. The van der Waals surface area contributed by atoms with Crippen molar-refractivity contribution in [1.82, 2.24) is 25.1 Å². The highest BCUT2D eigenvalue weighted by Gasteiger charge is 2.28. The first kappa shape index (κ1) is 14.2. The maximum absolute atomic E-state index is 12.4. The summed E-state index contributed by atoms with van der Waals surface area (Å²) in [6.07, 6.45) is 1.15. The lowest BCUT2D eigenvalue weighted by molar-refractivity contribution is -0.123. The van der Waals surface area contributed by atoms with E-state index in [1.807, 2.05) is 30.3 Å². The van der Waals surface area contributed by atoms with Crippen molar-refractivity contribution in [3.63, 3.8) is 0 Å². The standard InChI is InChI=1S/C14H16N6O2/c15-12(21)10-6-8-19(9-7-10)14(22)13-16-18-20(17-13)11-4-2-1-3-5-11/h1-5,10H,6-9H2,(H2,15,21). The molecule has 1 aromatic heterocycles. The van der Waals surface area contributed by atoms with Crippen molar-refractivity contribution in [3.8, 4) is 5.69 Å². The molecule has 1 saturated heterocycles. The first-order valence-corrected chi connectivity index (χ1v) is 7.09. The van der Waals surface area contributed by atoms with E-state index >= 15 is 0 Å². The molecule has 0 radical (unpaired) electrons. The molecule has 1 fully saturated rings. The molecule has 8 heteroatoms. The van der Waals surface area contributed by atoms with Gasteiger partial charge in [0.25, 0.3) is 11.7 Å². The molecule has 0 aliphatic carbocycles. The Hall–Kier alpha value is -2.77. The number of nitrogens with two attached hydrogens (primary N) is 1. The van der Waals surface area contributed by atoms with Gasteiger partial charge in [0.2, 0.25) is 5.91 Å². The monoisotopic (exact) mass is 300 g/mol. The van der Waals surface area contributed by atoms with Crippen LogP contribution in [-0.2, 0) is 4.79 Å². The van der Waals surface area contributed by atoms with E-state index in [9.17, 15) is 9.59 Å². The van der Waals surface area contributed by atoms with E-state index in [0.717, 1.165) is 5.69 Å². The van der Waals surface area contributed by atoms with Crippen molar-refractivity contribution in [2.24, 2.45) is 11.7 Å². The lowest BCUT2D eigenvalue weighted by atomic mass is 9.96. The molecule has 0 saturated carbocycles. The van der Waals surface area contributed by atoms with Gasteiger partial charge in [-0.2, -0.15) is 0 Å². The number of hydrogen-bond donors (Lipinski definition) is 1. The van der Waals surface area contributed by atoms with E-state index in [2.05, 4.69) is 15.4 Å². The fraction of sp³-hybridized carbons (Fsp3) is 0.357. The first-order valence-electron chi connectivity index (χ1n) is 7.09. The molecule has 2 N–H and O–H groups in total. The fourth-order valence-electron chi connectivity index (χ4n) is 2.48. The van der Waals surface area contributed by atoms with Crippen LogP contribution in [0.4, 0.5) is 0 Å². The van der Waals surface area contributed by atoms with E-state index < -0.39 is 0 Å². The van der Waals surface area contributed by atoms with E-state index in [0.29, 0.717) is 25.9 Å². The molecule has 3 rings (SSSR count). The van der Waals surface area contributed by atoms with Gasteiger partial charge in [0, 0.05) is 19.0 Å². The number of primary amides is 1. The number of carbonyl (C=O) groups is 2. The maximum atomic E-state index is 12.4. The second-order valence-electron chi connectivity index (χ2n) is 5.21. The molecule has 1 aliphatic heterocycles. The second kappa shape index (κ2) is 5.92. The van der Waals surface area contributed by atoms with Gasteiger partial charge in [0.1, 0.15) is 0 Å². The number of benzene rings is 1. The number of para-hydroxylation sites is 1. The number of likely N-dealkylation sites (tertiary alicyclic amines) is 1. The molecule has 0 unspecified atom stereocenters. The number of hydrogen-bond acceptors (Lipinski definition) is 5. The summed E-state index contributed by atoms with van der Waals surface area (Å²) >= 11 is 0. The van der Waals surface area contributed by atoms with E-state index in [-0.39, 0.29) is 23.6 Å². The predicted molar refractivity (Wildman–Crippen MR) is 77.0 cm³/mol. The zero-order valence-electron chi connectivity index (χ0n) is 11.9. The van der Waals surface area contributed by atoms with Crippen LogP contribution in [0, 0.1) is 5.92 Å². The van der Waals surface area contributed by atoms with Crippen LogP contribution < -0.4 is 5.73 Å². The molecule has 114 valence electrons. The van der Waals surface area contributed by atoms with Gasteiger partial charge in [-0.25, -0.2) is 0 Å². The average molecular weight is 300 g/mol. The van der Waals surface area contributed by atoms with Gasteiger partial charge in [-0.05, 0) is 30.2 Å². The predicted octanol–water partition coefficient (Wildman–Crippen LogP) is -0.000200. The van der Waals surface area contributed by atoms with Gasteiger partial charge in [-0.1, -0.05) is 18.2 Å². The van der Waals surface area contributed by atoms with Crippen LogP contribution in [0.2, 0.25) is 0 Å². The van der Waals surface area contributed by atoms with E-state index in [1.54, 1.807) is 4.90 Å². The zero-order valence-corrected chi connectivity index (χ0v) is 11.9. The summed E-state index contributed by atoms with van der Waals surface area (Å²) in [5.74, 6) is -0.677. The molecule has 1 aromatic carbocycles. The van der Waals surface area contributed by atoms with Gasteiger partial charge in [0.15, 0.2) is 0 Å². The molecule has 1 aliphatic rings. The van der Waals surface area contributed by atoms with Crippen LogP contribution in [0.25, 0.3) is 5.69 Å². The molecule has 2 heterocycles. The first-order chi connectivity index (χ1) is 10.6. The van der Waals surface area contributed by atoms with Crippen LogP contribution >= 0.6 is 0 Å². The van der Waals surface area contributed by atoms with Crippen LogP contribution in [0.15, 0.2) is 30.3 Å². The second-order valence-corrected chi connectivity index (χ2v) is 5.21. The van der Waals surface area contributed by atoms with Gasteiger partial charge >= 0.3 is 0 Å². The zero-order chi connectivity index (χ0) is 15.5. The summed E-state index contributed by atoms with van der Waals surface area (Å²) in [7, 11) is 0. The molecule has 22 heavy (non-hydrogen) atoms. The van der Waals surface area contributed by atoms with Crippen molar-refractivity contribution < 1.29 is 9.59 Å². The van der Waals surface area contributed by atoms with Crippen molar-refractivity contribution in [3.05, 3.63) is 36.2 Å². The minimum atomic E-state index is -0.305. The number of rotatable bonds is 3. The maximum Gasteiger partial charge on any atom is 0.295 e. The SMILES string of the molecule is NC(=O)C1CCN(C(=O)c2nnn(-c3ccccc3)n2)CC1. The Bertz CT molecular complexity index is 676. The Labute approximate surface area is 126 Å². The van der Waals surface area contributed by atoms with Crippen LogP contribution in [0.3, 0.4) is 0 Å². The van der Waals surface area contributed by atoms with Crippen LogP contribution in [-0.4, -0.2) is 50.0 Å². The number of carbonyl (C=O) groups excluding carboxylic acids is 2. The molecule has 2 aromatic rings. The molecule has 0 bridgehead atoms. The minimum absolute atomic E-state index is 0.0568. The van der Waals surface area contributed by atoms with Gasteiger partial charge in [0.05, 0.1) is 5.69 Å². The summed E-state index contributed by atoms with van der Waals surface area (Å²) in [6, 6.07) is 9.25. The number of aromatic nitrogens is 4. The minimum Gasteiger partial charge on any atom is -0.369 e. The van der Waals surface area contributed by atoms with Gasteiger partial charge < -0.3 is 10.6 Å². The third kappa shape index (κ3) is 2.80. The summed E-state index contributed by atoms with van der Waals surface area (Å²) < 4.78 is 0. The Morgan fingerprint density at radius 2 is 1.82 bits per heavy atom. The smallest absolute Gasteiger partial charge is 0.295 e. The average Bonchev–Trinajstić information content (AvgIpc) is 3.05. The van der Waals surface area contributed by atoms with E-state index in [1.165, 1.54) is 4.80 Å². The number of tetrazole rings is 1. The topological polar surface area (TPSA) is 107 Å². The lowest BCUT2D eigenvalue weighted by Gasteiger charge is -2.29. The van der Waals surface area contributed by atoms with Crippen LogP contribution in [0.5, 0.6) is 0 Å². The highest BCUT2D eigenvalue weighted by molar-refractivity contribution is 5.90. The molecular formula is C14H16N6O2. The Balaban J connectivity index is 1.69. The molecule has 2 amide bonds. The summed E-state index contributed by atoms with van der Waals surface area (Å²) in [4.78, 5) is 26.4. The summed E-state index contributed by atoms with van der Waals surface area (Å²) in [6.45, 7) is 0.957. The number of amides is 2. The highest BCUT2D eigenvalue weighted by atomic mass is 16.2. The largest absolute Gasteiger partial charge is 0.369 e.